The van der Waals surface area contributed by atoms with Gasteiger partial charge in [0.25, 0.3) is 0 Å². The standard InChI is InChI=1S/C13H16F3NS/c1-9-6-17-12(8-18-7-9)10-4-2-3-5-11(10)13(14,15)16/h2-5,9,12,17H,6-8H2,1H3. The van der Waals surface area contributed by atoms with E-state index >= 15 is 0 Å². The van der Waals surface area contributed by atoms with Gasteiger partial charge in [-0.3, -0.25) is 0 Å². The van der Waals surface area contributed by atoms with Gasteiger partial charge < -0.3 is 5.32 Å². The number of alkyl halides is 3. The van der Waals surface area contributed by atoms with Crippen molar-refractivity contribution in [2.75, 3.05) is 18.1 Å². The van der Waals surface area contributed by atoms with Crippen LogP contribution in [0.3, 0.4) is 0 Å². The molecule has 18 heavy (non-hydrogen) atoms. The number of nitrogens with one attached hydrogen (secondary N) is 1. The van der Waals surface area contributed by atoms with E-state index in [9.17, 15) is 13.2 Å². The summed E-state index contributed by atoms with van der Waals surface area (Å²) in [7, 11) is 0. The average molecular weight is 275 g/mol. The monoisotopic (exact) mass is 275 g/mol. The van der Waals surface area contributed by atoms with Crippen LogP contribution in [-0.4, -0.2) is 18.1 Å². The Labute approximate surface area is 109 Å². The zero-order valence-corrected chi connectivity index (χ0v) is 10.9. The van der Waals surface area contributed by atoms with Crippen LogP contribution in [0.15, 0.2) is 24.3 Å². The minimum atomic E-state index is -4.28. The fourth-order valence-electron chi connectivity index (χ4n) is 2.11. The molecule has 2 atom stereocenters. The predicted molar refractivity (Wildman–Crippen MR) is 68.7 cm³/mol. The topological polar surface area (TPSA) is 12.0 Å². The highest BCUT2D eigenvalue weighted by molar-refractivity contribution is 7.99. The van der Waals surface area contributed by atoms with Crippen LogP contribution < -0.4 is 5.32 Å². The molecule has 5 heteroatoms. The summed E-state index contributed by atoms with van der Waals surface area (Å²) in [4.78, 5) is 0. The summed E-state index contributed by atoms with van der Waals surface area (Å²) in [6, 6.07) is 5.65. The molecule has 1 aromatic carbocycles. The van der Waals surface area contributed by atoms with Gasteiger partial charge in [0.05, 0.1) is 5.56 Å². The summed E-state index contributed by atoms with van der Waals surface area (Å²) in [6.07, 6.45) is -4.28. The average Bonchev–Trinajstić information content (AvgIpc) is 2.53. The third-order valence-electron chi connectivity index (χ3n) is 3.04. The lowest BCUT2D eigenvalue weighted by Gasteiger charge is -2.21. The van der Waals surface area contributed by atoms with Gasteiger partial charge in [-0.15, -0.1) is 0 Å². The minimum Gasteiger partial charge on any atom is -0.309 e. The van der Waals surface area contributed by atoms with Crippen molar-refractivity contribution in [1.82, 2.24) is 5.32 Å². The van der Waals surface area contributed by atoms with E-state index in [1.807, 2.05) is 0 Å². The van der Waals surface area contributed by atoms with Crippen LogP contribution in [-0.2, 0) is 6.18 Å². The Morgan fingerprint density at radius 1 is 1.22 bits per heavy atom. The first-order chi connectivity index (χ1) is 8.48. The number of benzene rings is 1. The number of rotatable bonds is 1. The maximum absolute atomic E-state index is 12.9. The molecule has 1 fully saturated rings. The van der Waals surface area contributed by atoms with Gasteiger partial charge in [-0.2, -0.15) is 24.9 Å². The number of hydrogen-bond donors (Lipinski definition) is 1. The molecule has 1 saturated heterocycles. The Kier molecular flexibility index (Phi) is 4.22. The Morgan fingerprint density at radius 3 is 2.67 bits per heavy atom. The van der Waals surface area contributed by atoms with Crippen molar-refractivity contribution in [2.24, 2.45) is 5.92 Å². The molecule has 2 unspecified atom stereocenters. The first kappa shape index (κ1) is 13.7. The molecule has 0 spiro atoms. The second-order valence-corrected chi connectivity index (χ2v) is 5.76. The molecule has 0 radical (unpaired) electrons. The quantitative estimate of drug-likeness (QED) is 0.838. The van der Waals surface area contributed by atoms with Gasteiger partial charge in [0.15, 0.2) is 0 Å². The maximum Gasteiger partial charge on any atom is 0.416 e. The van der Waals surface area contributed by atoms with Gasteiger partial charge in [-0.05, 0) is 29.8 Å². The van der Waals surface area contributed by atoms with Gasteiger partial charge in [-0.25, -0.2) is 0 Å². The van der Waals surface area contributed by atoms with E-state index in [-0.39, 0.29) is 6.04 Å². The van der Waals surface area contributed by atoms with E-state index in [0.29, 0.717) is 17.2 Å². The van der Waals surface area contributed by atoms with Crippen LogP contribution in [0, 0.1) is 5.92 Å². The molecule has 0 saturated carbocycles. The molecule has 1 N–H and O–H groups in total. The van der Waals surface area contributed by atoms with Crippen molar-refractivity contribution < 1.29 is 13.2 Å². The highest BCUT2D eigenvalue weighted by Gasteiger charge is 2.35. The summed E-state index contributed by atoms with van der Waals surface area (Å²) in [5, 5.41) is 3.24. The van der Waals surface area contributed by atoms with Gasteiger partial charge in [0.1, 0.15) is 0 Å². The molecule has 1 nitrogen and oxygen atoms in total. The lowest BCUT2D eigenvalue weighted by Crippen LogP contribution is -2.27. The molecular formula is C13H16F3NS. The Bertz CT molecular complexity index is 405. The molecular weight excluding hydrogens is 259 g/mol. The molecule has 2 rings (SSSR count). The van der Waals surface area contributed by atoms with E-state index in [2.05, 4.69) is 12.2 Å². The van der Waals surface area contributed by atoms with Crippen LogP contribution in [0.5, 0.6) is 0 Å². The van der Waals surface area contributed by atoms with Crippen molar-refractivity contribution in [3.05, 3.63) is 35.4 Å². The van der Waals surface area contributed by atoms with Gasteiger partial charge in [-0.1, -0.05) is 25.1 Å². The van der Waals surface area contributed by atoms with Crippen molar-refractivity contribution in [3.8, 4) is 0 Å². The third kappa shape index (κ3) is 3.20. The lowest BCUT2D eigenvalue weighted by molar-refractivity contribution is -0.138. The van der Waals surface area contributed by atoms with E-state index in [4.69, 9.17) is 0 Å². The molecule has 1 heterocycles. The maximum atomic E-state index is 12.9. The summed E-state index contributed by atoms with van der Waals surface area (Å²) < 4.78 is 38.8. The van der Waals surface area contributed by atoms with Gasteiger partial charge in [0, 0.05) is 11.8 Å². The van der Waals surface area contributed by atoms with Crippen molar-refractivity contribution in [1.29, 1.82) is 0 Å². The lowest BCUT2D eigenvalue weighted by atomic mass is 10.0. The highest BCUT2D eigenvalue weighted by Crippen LogP contribution is 2.36. The van der Waals surface area contributed by atoms with Crippen LogP contribution in [0.2, 0.25) is 0 Å². The first-order valence-electron chi connectivity index (χ1n) is 5.95. The second kappa shape index (κ2) is 5.53. The van der Waals surface area contributed by atoms with Crippen molar-refractivity contribution in [2.45, 2.75) is 19.1 Å². The van der Waals surface area contributed by atoms with Gasteiger partial charge in [0.2, 0.25) is 0 Å². The first-order valence-corrected chi connectivity index (χ1v) is 7.11. The summed E-state index contributed by atoms with van der Waals surface area (Å²) >= 11 is 1.72. The Morgan fingerprint density at radius 2 is 1.94 bits per heavy atom. The normalized spacial score (nSPS) is 25.8. The molecule has 0 aromatic heterocycles. The Balaban J connectivity index is 2.27. The minimum absolute atomic E-state index is 0.210. The largest absolute Gasteiger partial charge is 0.416 e. The van der Waals surface area contributed by atoms with E-state index in [1.54, 1.807) is 23.9 Å². The van der Waals surface area contributed by atoms with Crippen molar-refractivity contribution >= 4 is 11.8 Å². The van der Waals surface area contributed by atoms with Crippen LogP contribution in [0.25, 0.3) is 0 Å². The summed E-state index contributed by atoms with van der Waals surface area (Å²) in [5.41, 5.74) is -0.149. The molecule has 1 aliphatic heterocycles. The predicted octanol–water partition coefficient (Wildman–Crippen LogP) is 3.72. The molecule has 0 aliphatic carbocycles. The van der Waals surface area contributed by atoms with Gasteiger partial charge >= 0.3 is 6.18 Å². The fraction of sp³-hybridized carbons (Fsp3) is 0.538. The SMILES string of the molecule is CC1CNC(c2ccccc2C(F)(F)F)CSC1. The summed E-state index contributed by atoms with van der Waals surface area (Å²) in [5.74, 6) is 2.19. The molecule has 100 valence electrons. The smallest absolute Gasteiger partial charge is 0.309 e. The van der Waals surface area contributed by atoms with E-state index in [0.717, 1.165) is 18.4 Å². The van der Waals surface area contributed by atoms with Crippen LogP contribution in [0.4, 0.5) is 13.2 Å². The molecule has 1 aliphatic rings. The molecule has 1 aromatic rings. The van der Waals surface area contributed by atoms with E-state index in [1.165, 1.54) is 6.07 Å². The second-order valence-electron chi connectivity index (χ2n) is 4.69. The number of thioether (sulfide) groups is 1. The number of halogens is 3. The van der Waals surface area contributed by atoms with Crippen LogP contribution in [0.1, 0.15) is 24.1 Å². The summed E-state index contributed by atoms with van der Waals surface area (Å²) in [6.45, 7) is 2.88. The Hall–Kier alpha value is -0.680. The highest BCUT2D eigenvalue weighted by atomic mass is 32.2. The van der Waals surface area contributed by atoms with E-state index < -0.39 is 11.7 Å². The zero-order chi connectivity index (χ0) is 13.2. The molecule has 0 amide bonds. The third-order valence-corrected chi connectivity index (χ3v) is 4.41. The number of hydrogen-bond acceptors (Lipinski definition) is 2. The van der Waals surface area contributed by atoms with Crippen molar-refractivity contribution in [3.63, 3.8) is 0 Å². The fourth-order valence-corrected chi connectivity index (χ4v) is 3.30. The zero-order valence-electron chi connectivity index (χ0n) is 10.1. The van der Waals surface area contributed by atoms with Crippen LogP contribution >= 0.6 is 11.8 Å². The molecule has 0 bridgehead atoms.